The molecule has 1 heterocycles. The van der Waals surface area contributed by atoms with Crippen molar-refractivity contribution in [3.05, 3.63) is 96.1 Å². The van der Waals surface area contributed by atoms with Crippen LogP contribution in [0.4, 0.5) is 5.69 Å². The molecule has 1 unspecified atom stereocenters. The van der Waals surface area contributed by atoms with Gasteiger partial charge in [0, 0.05) is 18.7 Å². The van der Waals surface area contributed by atoms with Gasteiger partial charge in [-0.25, -0.2) is 13.1 Å². The van der Waals surface area contributed by atoms with Gasteiger partial charge in [0.25, 0.3) is 0 Å². The molecule has 30 heavy (non-hydrogen) atoms. The first-order chi connectivity index (χ1) is 14.5. The molecule has 0 radical (unpaired) electrons. The topological polar surface area (TPSA) is 66.5 Å². The van der Waals surface area contributed by atoms with Crippen LogP contribution in [0.1, 0.15) is 30.0 Å². The van der Waals surface area contributed by atoms with Gasteiger partial charge in [0.2, 0.25) is 15.9 Å². The fourth-order valence-electron chi connectivity index (χ4n) is 3.74. The van der Waals surface area contributed by atoms with E-state index < -0.39 is 16.1 Å². The number of nitrogens with zero attached hydrogens (tertiary/aromatic N) is 1. The van der Waals surface area contributed by atoms with E-state index in [9.17, 15) is 13.2 Å². The average molecular weight is 421 g/mol. The zero-order valence-electron chi connectivity index (χ0n) is 16.6. The maximum absolute atomic E-state index is 13.1. The molecular weight excluding hydrogens is 396 g/mol. The molecule has 0 spiro atoms. The Morgan fingerprint density at radius 1 is 0.867 bits per heavy atom. The molecule has 1 amide bonds. The highest BCUT2D eigenvalue weighted by atomic mass is 32.2. The number of sulfonamides is 1. The summed E-state index contributed by atoms with van der Waals surface area (Å²) in [6.07, 6.45) is 1.92. The number of rotatable bonds is 7. The molecule has 1 aliphatic heterocycles. The summed E-state index contributed by atoms with van der Waals surface area (Å²) in [5, 5.41) is 0. The van der Waals surface area contributed by atoms with Crippen molar-refractivity contribution in [2.45, 2.75) is 30.2 Å². The zero-order valence-corrected chi connectivity index (χ0v) is 17.4. The fraction of sp³-hybridized carbons (Fsp3) is 0.208. The summed E-state index contributed by atoms with van der Waals surface area (Å²) in [4.78, 5) is 13.8. The van der Waals surface area contributed by atoms with E-state index in [0.29, 0.717) is 19.4 Å². The van der Waals surface area contributed by atoms with E-state index in [1.165, 1.54) is 0 Å². The first-order valence-electron chi connectivity index (χ1n) is 10.0. The molecule has 0 bridgehead atoms. The van der Waals surface area contributed by atoms with Crippen molar-refractivity contribution in [3.63, 3.8) is 0 Å². The third-order valence-electron chi connectivity index (χ3n) is 5.31. The molecule has 6 heteroatoms. The first kappa shape index (κ1) is 20.3. The van der Waals surface area contributed by atoms with Crippen molar-refractivity contribution in [2.75, 3.05) is 11.4 Å². The Labute approximate surface area is 177 Å². The Kier molecular flexibility index (Phi) is 5.97. The number of benzene rings is 3. The molecule has 1 aliphatic rings. The maximum Gasteiger partial charge on any atom is 0.241 e. The van der Waals surface area contributed by atoms with E-state index in [0.717, 1.165) is 23.2 Å². The van der Waals surface area contributed by atoms with Crippen LogP contribution < -0.4 is 9.62 Å². The minimum Gasteiger partial charge on any atom is -0.312 e. The third kappa shape index (κ3) is 4.61. The van der Waals surface area contributed by atoms with Crippen molar-refractivity contribution in [1.82, 2.24) is 4.72 Å². The molecular formula is C24H24N2O3S. The van der Waals surface area contributed by atoms with Gasteiger partial charge in [-0.1, -0.05) is 60.7 Å². The van der Waals surface area contributed by atoms with Gasteiger partial charge in [-0.3, -0.25) is 4.79 Å². The zero-order chi connectivity index (χ0) is 21.0. The summed E-state index contributed by atoms with van der Waals surface area (Å²) in [5.74, 6) is 0.0794. The molecule has 3 aromatic rings. The van der Waals surface area contributed by atoms with Crippen LogP contribution >= 0.6 is 0 Å². The van der Waals surface area contributed by atoms with Crippen molar-refractivity contribution in [1.29, 1.82) is 0 Å². The quantitative estimate of drug-likeness (QED) is 0.626. The van der Waals surface area contributed by atoms with Crippen molar-refractivity contribution >= 4 is 21.6 Å². The molecule has 0 saturated carbocycles. The molecule has 154 valence electrons. The van der Waals surface area contributed by atoms with Crippen LogP contribution in [0.5, 0.6) is 0 Å². The Balaban J connectivity index is 1.57. The normalized spacial score (nSPS) is 15.3. The molecule has 1 atom stereocenters. The van der Waals surface area contributed by atoms with E-state index >= 15 is 0 Å². The number of amides is 1. The van der Waals surface area contributed by atoms with Gasteiger partial charge in [0.05, 0.1) is 10.9 Å². The first-order valence-corrected chi connectivity index (χ1v) is 11.5. The molecule has 0 aliphatic carbocycles. The highest BCUT2D eigenvalue weighted by molar-refractivity contribution is 7.89. The van der Waals surface area contributed by atoms with Crippen molar-refractivity contribution in [2.24, 2.45) is 0 Å². The highest BCUT2D eigenvalue weighted by Gasteiger charge is 2.24. The molecule has 1 fully saturated rings. The lowest BCUT2D eigenvalue weighted by Gasteiger charge is -2.20. The Morgan fingerprint density at radius 3 is 2.10 bits per heavy atom. The van der Waals surface area contributed by atoms with Crippen LogP contribution in [0.15, 0.2) is 89.8 Å². The Morgan fingerprint density at radius 2 is 1.50 bits per heavy atom. The third-order valence-corrected chi connectivity index (χ3v) is 6.80. The largest absolute Gasteiger partial charge is 0.312 e. The molecule has 5 nitrogen and oxygen atoms in total. The van der Waals surface area contributed by atoms with Crippen LogP contribution in [0.3, 0.4) is 0 Å². The average Bonchev–Trinajstić information content (AvgIpc) is 3.20. The lowest BCUT2D eigenvalue weighted by atomic mass is 10.00. The van der Waals surface area contributed by atoms with Gasteiger partial charge in [0.15, 0.2) is 0 Å². The number of nitrogens with one attached hydrogen (secondary N) is 1. The summed E-state index contributed by atoms with van der Waals surface area (Å²) in [5.41, 5.74) is 2.70. The van der Waals surface area contributed by atoms with E-state index in [2.05, 4.69) is 4.72 Å². The van der Waals surface area contributed by atoms with Crippen LogP contribution in [-0.2, 0) is 21.2 Å². The van der Waals surface area contributed by atoms with Gasteiger partial charge in [-0.2, -0.15) is 0 Å². The Bertz CT molecular complexity index is 1100. The van der Waals surface area contributed by atoms with E-state index in [4.69, 9.17) is 0 Å². The summed E-state index contributed by atoms with van der Waals surface area (Å²) in [6.45, 7) is 0.677. The highest BCUT2D eigenvalue weighted by Crippen LogP contribution is 2.25. The summed E-state index contributed by atoms with van der Waals surface area (Å²) >= 11 is 0. The molecule has 4 rings (SSSR count). The van der Waals surface area contributed by atoms with E-state index in [1.807, 2.05) is 60.7 Å². The van der Waals surface area contributed by atoms with Crippen LogP contribution in [0, 0.1) is 0 Å². The number of anilines is 1. The lowest BCUT2D eigenvalue weighted by Crippen LogP contribution is -2.30. The predicted octanol–water partition coefficient (Wildman–Crippen LogP) is 4.08. The number of carbonyl (C=O) groups is 1. The monoisotopic (exact) mass is 420 g/mol. The second-order valence-electron chi connectivity index (χ2n) is 7.42. The summed E-state index contributed by atoms with van der Waals surface area (Å²) in [7, 11) is -3.73. The standard InChI is InChI=1S/C24H24N2O3S/c27-24-12-7-17-26(24)21-13-15-22(16-14-21)30(28,29)25-23(20-10-5-2-6-11-20)18-19-8-3-1-4-9-19/h1-6,8-11,13-16,23,25H,7,12,17-18H2. The Hall–Kier alpha value is -2.96. The van der Waals surface area contributed by atoms with Crippen LogP contribution in [0.2, 0.25) is 0 Å². The second-order valence-corrected chi connectivity index (χ2v) is 9.13. The maximum atomic E-state index is 13.1. The van der Waals surface area contributed by atoms with E-state index in [-0.39, 0.29) is 10.8 Å². The van der Waals surface area contributed by atoms with Gasteiger partial charge < -0.3 is 4.90 Å². The second kappa shape index (κ2) is 8.81. The van der Waals surface area contributed by atoms with Crippen molar-refractivity contribution in [3.8, 4) is 0 Å². The smallest absolute Gasteiger partial charge is 0.241 e. The van der Waals surface area contributed by atoms with Crippen LogP contribution in [0.25, 0.3) is 0 Å². The minimum atomic E-state index is -3.73. The molecule has 1 saturated heterocycles. The summed E-state index contributed by atoms with van der Waals surface area (Å²) in [6, 6.07) is 25.5. The van der Waals surface area contributed by atoms with Gasteiger partial charge in [-0.05, 0) is 48.2 Å². The molecule has 3 aromatic carbocycles. The van der Waals surface area contributed by atoms with Gasteiger partial charge in [-0.15, -0.1) is 0 Å². The summed E-state index contributed by atoms with van der Waals surface area (Å²) < 4.78 is 29.1. The van der Waals surface area contributed by atoms with E-state index in [1.54, 1.807) is 29.2 Å². The lowest BCUT2D eigenvalue weighted by molar-refractivity contribution is -0.117. The number of hydrogen-bond donors (Lipinski definition) is 1. The van der Waals surface area contributed by atoms with Crippen LogP contribution in [-0.4, -0.2) is 20.9 Å². The fourth-order valence-corrected chi connectivity index (χ4v) is 4.97. The predicted molar refractivity (Wildman–Crippen MR) is 118 cm³/mol. The molecule has 0 aromatic heterocycles. The van der Waals surface area contributed by atoms with Gasteiger partial charge in [0.1, 0.15) is 0 Å². The van der Waals surface area contributed by atoms with Gasteiger partial charge >= 0.3 is 0 Å². The van der Waals surface area contributed by atoms with Crippen molar-refractivity contribution < 1.29 is 13.2 Å². The number of hydrogen-bond acceptors (Lipinski definition) is 3. The molecule has 1 N–H and O–H groups in total. The minimum absolute atomic E-state index is 0.0794. The number of carbonyl (C=O) groups excluding carboxylic acids is 1. The SMILES string of the molecule is O=C1CCCN1c1ccc(S(=O)(=O)NC(Cc2ccccc2)c2ccccc2)cc1.